The number of benzene rings is 2. The molecule has 2 aromatic heterocycles. The summed E-state index contributed by atoms with van der Waals surface area (Å²) in [6, 6.07) is 15.3. The molecule has 1 N–H and O–H groups in total. The monoisotopic (exact) mass is 440 g/mol. The Morgan fingerprint density at radius 2 is 2.06 bits per heavy atom. The molecule has 1 amide bonds. The van der Waals surface area contributed by atoms with Crippen molar-refractivity contribution in [2.75, 3.05) is 5.32 Å². The van der Waals surface area contributed by atoms with Crippen molar-refractivity contribution in [3.8, 4) is 5.75 Å². The van der Waals surface area contributed by atoms with E-state index in [9.17, 15) is 9.18 Å². The Balaban J connectivity index is 1.36. The van der Waals surface area contributed by atoms with E-state index in [-0.39, 0.29) is 35.4 Å². The number of aromatic nitrogens is 3. The molecule has 0 aliphatic carbocycles. The maximum absolute atomic E-state index is 13.9. The Hall–Kier alpha value is -3.65. The molecule has 158 valence electrons. The zero-order valence-corrected chi connectivity index (χ0v) is 17.3. The fraction of sp³-hybridized carbons (Fsp3) is 0.136. The molecule has 4 rings (SSSR count). The zero-order chi connectivity index (χ0) is 21.8. The lowest BCUT2D eigenvalue weighted by Crippen LogP contribution is -2.13. The predicted octanol–water partition coefficient (Wildman–Crippen LogP) is 4.85. The molecule has 0 aliphatic rings. The van der Waals surface area contributed by atoms with Crippen LogP contribution < -0.4 is 10.1 Å². The number of carbonyl (C=O) groups is 1. The largest absolute Gasteiger partial charge is 0.486 e. The van der Waals surface area contributed by atoms with E-state index < -0.39 is 11.7 Å². The van der Waals surface area contributed by atoms with Gasteiger partial charge < -0.3 is 9.15 Å². The number of ether oxygens (including phenoxy) is 1. The van der Waals surface area contributed by atoms with Gasteiger partial charge in [-0.05, 0) is 48.9 Å². The highest BCUT2D eigenvalue weighted by Gasteiger charge is 2.15. The van der Waals surface area contributed by atoms with Gasteiger partial charge in [-0.15, -0.1) is 5.10 Å². The van der Waals surface area contributed by atoms with Crippen LogP contribution in [0.15, 0.2) is 65.3 Å². The molecule has 0 bridgehead atoms. The van der Waals surface area contributed by atoms with Crippen LogP contribution in [0.3, 0.4) is 0 Å². The molecule has 0 radical (unpaired) electrons. The number of carbonyl (C=O) groups excluding carboxylic acids is 1. The molecule has 7 nitrogen and oxygen atoms in total. The van der Waals surface area contributed by atoms with E-state index in [0.29, 0.717) is 11.5 Å². The SMILES string of the molecule is Cc1cccc(OCc2ccc(C(=O)Nc3ncn(Cc4c(F)cccc4Cl)n3)o2)c1. The number of halogens is 2. The van der Waals surface area contributed by atoms with Gasteiger partial charge in [-0.3, -0.25) is 10.1 Å². The zero-order valence-electron chi connectivity index (χ0n) is 16.5. The molecule has 0 spiro atoms. The normalized spacial score (nSPS) is 10.8. The third-order valence-corrected chi connectivity index (χ3v) is 4.75. The molecule has 0 saturated carbocycles. The van der Waals surface area contributed by atoms with Gasteiger partial charge in [-0.1, -0.05) is 29.8 Å². The van der Waals surface area contributed by atoms with Crippen LogP contribution in [0.25, 0.3) is 0 Å². The average Bonchev–Trinajstić information content (AvgIpc) is 3.39. The Kier molecular flexibility index (Phi) is 5.99. The second kappa shape index (κ2) is 9.01. The van der Waals surface area contributed by atoms with E-state index in [1.807, 2.05) is 31.2 Å². The summed E-state index contributed by atoms with van der Waals surface area (Å²) in [5.41, 5.74) is 1.37. The lowest BCUT2D eigenvalue weighted by molar-refractivity contribution is 0.0991. The Labute approximate surface area is 182 Å². The summed E-state index contributed by atoms with van der Waals surface area (Å²) in [4.78, 5) is 16.4. The van der Waals surface area contributed by atoms with E-state index in [1.54, 1.807) is 18.2 Å². The number of nitrogens with zero attached hydrogens (tertiary/aromatic N) is 3. The Morgan fingerprint density at radius 1 is 1.23 bits per heavy atom. The Bertz CT molecular complexity index is 1200. The van der Waals surface area contributed by atoms with Crippen LogP contribution in [0, 0.1) is 12.7 Å². The van der Waals surface area contributed by atoms with Crippen molar-refractivity contribution in [1.29, 1.82) is 0 Å². The third kappa shape index (κ3) is 5.10. The van der Waals surface area contributed by atoms with Crippen LogP contribution in [0.4, 0.5) is 10.3 Å². The first kappa shape index (κ1) is 20.6. The first-order chi connectivity index (χ1) is 15.0. The van der Waals surface area contributed by atoms with Gasteiger partial charge in [-0.2, -0.15) is 0 Å². The maximum Gasteiger partial charge on any atom is 0.293 e. The highest BCUT2D eigenvalue weighted by molar-refractivity contribution is 6.31. The van der Waals surface area contributed by atoms with E-state index in [1.165, 1.54) is 23.1 Å². The molecular weight excluding hydrogens is 423 g/mol. The molecule has 0 unspecified atom stereocenters. The molecule has 0 aliphatic heterocycles. The standard InChI is InChI=1S/C22H18ClFN4O3/c1-14-4-2-5-15(10-14)30-12-16-8-9-20(31-16)21(29)26-22-25-13-28(27-22)11-17-18(23)6-3-7-19(17)24/h2-10,13H,11-12H2,1H3,(H,26,27,29). The molecule has 0 atom stereocenters. The molecule has 4 aromatic rings. The predicted molar refractivity (Wildman–Crippen MR) is 113 cm³/mol. The summed E-state index contributed by atoms with van der Waals surface area (Å²) in [5.74, 6) is 0.419. The quantitative estimate of drug-likeness (QED) is 0.444. The lowest BCUT2D eigenvalue weighted by atomic mass is 10.2. The van der Waals surface area contributed by atoms with Gasteiger partial charge in [0.1, 0.15) is 30.3 Å². The molecule has 9 heteroatoms. The number of amides is 1. The summed E-state index contributed by atoms with van der Waals surface area (Å²) < 4.78 is 26.5. The summed E-state index contributed by atoms with van der Waals surface area (Å²) in [6.07, 6.45) is 1.38. The minimum atomic E-state index is -0.511. The van der Waals surface area contributed by atoms with Crippen molar-refractivity contribution < 1.29 is 18.3 Å². The number of hydrogen-bond donors (Lipinski definition) is 1. The molecule has 31 heavy (non-hydrogen) atoms. The van der Waals surface area contributed by atoms with Crippen LogP contribution >= 0.6 is 11.6 Å². The minimum absolute atomic E-state index is 0.0615. The van der Waals surface area contributed by atoms with Crippen molar-refractivity contribution in [2.45, 2.75) is 20.1 Å². The number of rotatable bonds is 7. The summed E-state index contributed by atoms with van der Waals surface area (Å²) in [7, 11) is 0. The van der Waals surface area contributed by atoms with Crippen LogP contribution in [0.1, 0.15) is 27.4 Å². The van der Waals surface area contributed by atoms with Crippen molar-refractivity contribution in [1.82, 2.24) is 14.8 Å². The molecule has 2 aromatic carbocycles. The van der Waals surface area contributed by atoms with Gasteiger partial charge in [0.05, 0.1) is 6.54 Å². The Morgan fingerprint density at radius 3 is 2.87 bits per heavy atom. The van der Waals surface area contributed by atoms with E-state index in [2.05, 4.69) is 15.4 Å². The molecular formula is C22H18ClFN4O3. The van der Waals surface area contributed by atoms with E-state index in [4.69, 9.17) is 20.8 Å². The molecule has 0 fully saturated rings. The minimum Gasteiger partial charge on any atom is -0.486 e. The van der Waals surface area contributed by atoms with Gasteiger partial charge in [0.25, 0.3) is 5.91 Å². The maximum atomic E-state index is 13.9. The topological polar surface area (TPSA) is 82.2 Å². The smallest absolute Gasteiger partial charge is 0.293 e. The number of anilines is 1. The number of furan rings is 1. The fourth-order valence-corrected chi connectivity index (χ4v) is 3.10. The summed E-state index contributed by atoms with van der Waals surface area (Å²) in [6.45, 7) is 2.24. The van der Waals surface area contributed by atoms with E-state index in [0.717, 1.165) is 5.56 Å². The van der Waals surface area contributed by atoms with Crippen molar-refractivity contribution >= 4 is 23.5 Å². The number of aryl methyl sites for hydroxylation is 1. The van der Waals surface area contributed by atoms with Gasteiger partial charge in [0, 0.05) is 10.6 Å². The van der Waals surface area contributed by atoms with Crippen molar-refractivity contribution in [2.24, 2.45) is 0 Å². The summed E-state index contributed by atoms with van der Waals surface area (Å²) in [5, 5.41) is 6.96. The van der Waals surface area contributed by atoms with Gasteiger partial charge >= 0.3 is 0 Å². The number of hydrogen-bond acceptors (Lipinski definition) is 5. The fourth-order valence-electron chi connectivity index (χ4n) is 2.87. The molecule has 0 saturated heterocycles. The van der Waals surface area contributed by atoms with Crippen LogP contribution in [0.5, 0.6) is 5.75 Å². The van der Waals surface area contributed by atoms with Crippen molar-refractivity contribution in [3.63, 3.8) is 0 Å². The van der Waals surface area contributed by atoms with Crippen LogP contribution in [-0.4, -0.2) is 20.7 Å². The second-order valence-corrected chi connectivity index (χ2v) is 7.20. The third-order valence-electron chi connectivity index (χ3n) is 4.40. The second-order valence-electron chi connectivity index (χ2n) is 6.79. The first-order valence-electron chi connectivity index (χ1n) is 9.40. The number of nitrogens with one attached hydrogen (secondary N) is 1. The highest BCUT2D eigenvalue weighted by atomic mass is 35.5. The van der Waals surface area contributed by atoms with Crippen molar-refractivity contribution in [3.05, 3.63) is 94.4 Å². The van der Waals surface area contributed by atoms with Gasteiger partial charge in [0.2, 0.25) is 5.95 Å². The summed E-state index contributed by atoms with van der Waals surface area (Å²) >= 11 is 6.03. The van der Waals surface area contributed by atoms with Gasteiger partial charge in [-0.25, -0.2) is 14.1 Å². The van der Waals surface area contributed by atoms with Crippen LogP contribution in [0.2, 0.25) is 5.02 Å². The van der Waals surface area contributed by atoms with E-state index >= 15 is 0 Å². The van der Waals surface area contributed by atoms with Crippen LogP contribution in [-0.2, 0) is 13.2 Å². The van der Waals surface area contributed by atoms with Gasteiger partial charge in [0.15, 0.2) is 5.76 Å². The lowest BCUT2D eigenvalue weighted by Gasteiger charge is -2.05. The first-order valence-corrected chi connectivity index (χ1v) is 9.77. The average molecular weight is 441 g/mol. The molecule has 2 heterocycles. The highest BCUT2D eigenvalue weighted by Crippen LogP contribution is 2.20.